The smallest absolute Gasteiger partial charge is 0.328 e. The van der Waals surface area contributed by atoms with E-state index in [1.807, 2.05) is 0 Å². The third-order valence-corrected chi connectivity index (χ3v) is 2.39. The molecule has 0 aliphatic heterocycles. The minimum absolute atomic E-state index is 0.0670. The first-order valence-corrected chi connectivity index (χ1v) is 5.76. The number of nitrogens with one attached hydrogen (secondary N) is 2. The van der Waals surface area contributed by atoms with Gasteiger partial charge in [0.2, 0.25) is 5.82 Å². The van der Waals surface area contributed by atoms with Crippen molar-refractivity contribution in [3.05, 3.63) is 47.6 Å². The Labute approximate surface area is 114 Å². The van der Waals surface area contributed by atoms with Crippen molar-refractivity contribution in [1.82, 2.24) is 15.2 Å². The van der Waals surface area contributed by atoms with Crippen LogP contribution in [0.5, 0.6) is 0 Å². The molecule has 0 fully saturated rings. The van der Waals surface area contributed by atoms with Gasteiger partial charge in [0.05, 0.1) is 0 Å². The van der Waals surface area contributed by atoms with Crippen molar-refractivity contribution in [2.45, 2.75) is 6.92 Å². The fraction of sp³-hybridized carbons (Fsp3) is 0.0769. The van der Waals surface area contributed by atoms with E-state index in [0.29, 0.717) is 11.5 Å². The van der Waals surface area contributed by atoms with Crippen molar-refractivity contribution in [1.29, 1.82) is 0 Å². The van der Waals surface area contributed by atoms with Gasteiger partial charge in [-0.3, -0.25) is 9.89 Å². The van der Waals surface area contributed by atoms with E-state index in [1.165, 1.54) is 6.08 Å². The van der Waals surface area contributed by atoms with Gasteiger partial charge in [0.1, 0.15) is 5.82 Å². The fourth-order valence-electron chi connectivity index (χ4n) is 1.48. The molecule has 0 unspecified atom stereocenters. The van der Waals surface area contributed by atoms with Crippen LogP contribution in [0.3, 0.4) is 0 Å². The first kappa shape index (κ1) is 13.5. The lowest BCUT2D eigenvalue weighted by molar-refractivity contribution is -0.131. The molecule has 2 aromatic rings. The van der Waals surface area contributed by atoms with Crippen LogP contribution in [0.25, 0.3) is 6.08 Å². The zero-order chi connectivity index (χ0) is 14.5. The molecule has 20 heavy (non-hydrogen) atoms. The Balaban J connectivity index is 2.03. The summed E-state index contributed by atoms with van der Waals surface area (Å²) in [5, 5.41) is 17.5. The molecule has 1 aromatic carbocycles. The van der Waals surface area contributed by atoms with Crippen molar-refractivity contribution in [2.24, 2.45) is 0 Å². The van der Waals surface area contributed by atoms with Gasteiger partial charge in [0, 0.05) is 11.8 Å². The normalized spacial score (nSPS) is 10.7. The minimum atomic E-state index is -1.01. The number of aromatic amines is 1. The number of aryl methyl sites for hydroxylation is 1. The number of anilines is 1. The summed E-state index contributed by atoms with van der Waals surface area (Å²) in [5.74, 6) is -0.799. The molecule has 1 aromatic heterocycles. The number of H-pyrrole nitrogens is 1. The van der Waals surface area contributed by atoms with E-state index in [9.17, 15) is 9.59 Å². The molecule has 0 saturated heterocycles. The van der Waals surface area contributed by atoms with Crippen LogP contribution in [0.1, 0.15) is 22.0 Å². The van der Waals surface area contributed by atoms with E-state index in [0.717, 1.165) is 11.6 Å². The first-order chi connectivity index (χ1) is 9.54. The lowest BCUT2D eigenvalue weighted by atomic mass is 10.2. The Morgan fingerprint density at radius 1 is 1.30 bits per heavy atom. The molecule has 0 radical (unpaired) electrons. The van der Waals surface area contributed by atoms with Crippen molar-refractivity contribution in [3.63, 3.8) is 0 Å². The summed E-state index contributed by atoms with van der Waals surface area (Å²) < 4.78 is 0. The van der Waals surface area contributed by atoms with Crippen molar-refractivity contribution in [3.8, 4) is 0 Å². The van der Waals surface area contributed by atoms with E-state index in [1.54, 1.807) is 31.2 Å². The molecule has 0 aliphatic rings. The topological polar surface area (TPSA) is 108 Å². The molecule has 102 valence electrons. The van der Waals surface area contributed by atoms with Crippen LogP contribution in [0.2, 0.25) is 0 Å². The van der Waals surface area contributed by atoms with Crippen molar-refractivity contribution >= 4 is 23.6 Å². The number of aliphatic carboxylic acids is 1. The monoisotopic (exact) mass is 272 g/mol. The summed E-state index contributed by atoms with van der Waals surface area (Å²) in [6, 6.07) is 6.72. The van der Waals surface area contributed by atoms with Gasteiger partial charge in [0.25, 0.3) is 5.91 Å². The minimum Gasteiger partial charge on any atom is -0.478 e. The lowest BCUT2D eigenvalue weighted by Crippen LogP contribution is -2.13. The van der Waals surface area contributed by atoms with Gasteiger partial charge in [-0.25, -0.2) is 9.78 Å². The second kappa shape index (κ2) is 5.79. The third-order valence-electron chi connectivity index (χ3n) is 2.39. The molecule has 0 spiro atoms. The van der Waals surface area contributed by atoms with E-state index < -0.39 is 11.9 Å². The fourth-order valence-corrected chi connectivity index (χ4v) is 1.48. The molecule has 3 N–H and O–H groups in total. The zero-order valence-electron chi connectivity index (χ0n) is 10.6. The quantitative estimate of drug-likeness (QED) is 0.730. The molecule has 0 bridgehead atoms. The highest BCUT2D eigenvalue weighted by molar-refractivity contribution is 6.01. The number of carboxylic acids is 1. The number of carboxylic acid groups (broad SMARTS) is 1. The van der Waals surface area contributed by atoms with E-state index in [-0.39, 0.29) is 5.82 Å². The summed E-state index contributed by atoms with van der Waals surface area (Å²) in [6.45, 7) is 1.70. The first-order valence-electron chi connectivity index (χ1n) is 5.76. The molecule has 1 amide bonds. The average molecular weight is 272 g/mol. The second-order valence-corrected chi connectivity index (χ2v) is 3.99. The van der Waals surface area contributed by atoms with E-state index in [2.05, 4.69) is 20.5 Å². The van der Waals surface area contributed by atoms with E-state index in [4.69, 9.17) is 5.11 Å². The Kier molecular flexibility index (Phi) is 3.90. The van der Waals surface area contributed by atoms with Gasteiger partial charge in [-0.05, 0) is 30.7 Å². The van der Waals surface area contributed by atoms with Crippen LogP contribution in [0, 0.1) is 6.92 Å². The molecule has 0 saturated carbocycles. The van der Waals surface area contributed by atoms with Gasteiger partial charge in [-0.1, -0.05) is 12.1 Å². The Morgan fingerprint density at radius 2 is 2.00 bits per heavy atom. The Hall–Kier alpha value is -2.96. The molecular weight excluding hydrogens is 260 g/mol. The third kappa shape index (κ3) is 3.52. The maximum absolute atomic E-state index is 11.8. The number of carbonyl (C=O) groups excluding carboxylic acids is 1. The SMILES string of the molecule is Cc1nc(C(=O)Nc2ccc(/C=C/C(=O)O)cc2)n[nH]1. The lowest BCUT2D eigenvalue weighted by Gasteiger charge is -2.02. The van der Waals surface area contributed by atoms with Crippen LogP contribution in [-0.2, 0) is 4.79 Å². The number of amides is 1. The standard InChI is InChI=1S/C13H12N4O3/c1-8-14-12(17-16-8)13(20)15-10-5-2-9(3-6-10)4-7-11(18)19/h2-7H,1H3,(H,15,20)(H,18,19)(H,14,16,17)/b7-4+. The average Bonchev–Trinajstić information content (AvgIpc) is 2.85. The Morgan fingerprint density at radius 3 is 2.55 bits per heavy atom. The van der Waals surface area contributed by atoms with Gasteiger partial charge >= 0.3 is 5.97 Å². The van der Waals surface area contributed by atoms with Crippen LogP contribution >= 0.6 is 0 Å². The zero-order valence-corrected chi connectivity index (χ0v) is 10.6. The summed E-state index contributed by atoms with van der Waals surface area (Å²) >= 11 is 0. The van der Waals surface area contributed by atoms with E-state index >= 15 is 0 Å². The van der Waals surface area contributed by atoms with Gasteiger partial charge in [-0.2, -0.15) is 0 Å². The maximum atomic E-state index is 11.8. The number of benzene rings is 1. The van der Waals surface area contributed by atoms with Crippen LogP contribution in [0.15, 0.2) is 30.3 Å². The van der Waals surface area contributed by atoms with Crippen molar-refractivity contribution in [2.75, 3.05) is 5.32 Å². The number of hydrogen-bond donors (Lipinski definition) is 3. The van der Waals surface area contributed by atoms with Gasteiger partial charge in [-0.15, -0.1) is 5.10 Å². The molecule has 0 atom stereocenters. The Bertz CT molecular complexity index is 659. The van der Waals surface area contributed by atoms with Crippen LogP contribution in [0.4, 0.5) is 5.69 Å². The molecule has 0 aliphatic carbocycles. The molecule has 2 rings (SSSR count). The number of carbonyl (C=O) groups is 2. The van der Waals surface area contributed by atoms with Gasteiger partial charge in [0.15, 0.2) is 0 Å². The number of hydrogen-bond acceptors (Lipinski definition) is 4. The second-order valence-electron chi connectivity index (χ2n) is 3.99. The maximum Gasteiger partial charge on any atom is 0.328 e. The number of rotatable bonds is 4. The highest BCUT2D eigenvalue weighted by Gasteiger charge is 2.10. The highest BCUT2D eigenvalue weighted by atomic mass is 16.4. The molecular formula is C13H12N4O3. The van der Waals surface area contributed by atoms with Crippen LogP contribution in [-0.4, -0.2) is 32.2 Å². The summed E-state index contributed by atoms with van der Waals surface area (Å²) in [7, 11) is 0. The van der Waals surface area contributed by atoms with Crippen molar-refractivity contribution < 1.29 is 14.7 Å². The van der Waals surface area contributed by atoms with Crippen LogP contribution < -0.4 is 5.32 Å². The highest BCUT2D eigenvalue weighted by Crippen LogP contribution is 2.11. The predicted molar refractivity (Wildman–Crippen MR) is 72.2 cm³/mol. The summed E-state index contributed by atoms with van der Waals surface area (Å²) in [4.78, 5) is 26.1. The summed E-state index contributed by atoms with van der Waals surface area (Å²) in [6.07, 6.45) is 2.51. The molecule has 7 heteroatoms. The summed E-state index contributed by atoms with van der Waals surface area (Å²) in [5.41, 5.74) is 1.30. The largest absolute Gasteiger partial charge is 0.478 e. The number of nitrogens with zero attached hydrogens (tertiary/aromatic N) is 2. The predicted octanol–water partition coefficient (Wildman–Crippen LogP) is 1.46. The molecule has 7 nitrogen and oxygen atoms in total. The van der Waals surface area contributed by atoms with Gasteiger partial charge < -0.3 is 10.4 Å². The molecule has 1 heterocycles. The number of aromatic nitrogens is 3.